The molecular formula is C13H16BrNO3. The lowest BCUT2D eigenvalue weighted by atomic mass is 9.84. The first-order valence-electron chi connectivity index (χ1n) is 6.13. The van der Waals surface area contributed by atoms with Crippen LogP contribution in [-0.4, -0.2) is 49.3 Å². The van der Waals surface area contributed by atoms with Crippen molar-refractivity contribution in [3.05, 3.63) is 21.7 Å². The summed E-state index contributed by atoms with van der Waals surface area (Å²) >= 11 is 3.41. The van der Waals surface area contributed by atoms with Gasteiger partial charge in [0.05, 0.1) is 12.6 Å². The van der Waals surface area contributed by atoms with Crippen LogP contribution >= 0.6 is 15.9 Å². The first-order valence-corrected chi connectivity index (χ1v) is 7.04. The van der Waals surface area contributed by atoms with Gasteiger partial charge in [0.1, 0.15) is 6.10 Å². The number of nitrogens with zero attached hydrogens (tertiary/aromatic N) is 1. The summed E-state index contributed by atoms with van der Waals surface area (Å²) < 4.78 is 11.2. The van der Waals surface area contributed by atoms with E-state index in [2.05, 4.69) is 22.9 Å². The number of halogens is 1. The highest BCUT2D eigenvalue weighted by molar-refractivity contribution is 9.11. The highest BCUT2D eigenvalue weighted by atomic mass is 79.9. The molecule has 1 fully saturated rings. The van der Waals surface area contributed by atoms with Crippen LogP contribution in [0.4, 0.5) is 0 Å². The largest absolute Gasteiger partial charge is 0.369 e. The van der Waals surface area contributed by atoms with Crippen LogP contribution in [-0.2, 0) is 14.3 Å². The highest BCUT2D eigenvalue weighted by Crippen LogP contribution is 2.40. The summed E-state index contributed by atoms with van der Waals surface area (Å²) in [6.45, 7) is 3.49. The zero-order valence-electron chi connectivity index (χ0n) is 10.5. The molecule has 0 spiro atoms. The fourth-order valence-electron chi connectivity index (χ4n) is 3.16. The van der Waals surface area contributed by atoms with Gasteiger partial charge < -0.3 is 14.4 Å². The van der Waals surface area contributed by atoms with Gasteiger partial charge in [0.2, 0.25) is 0 Å². The molecule has 1 amide bonds. The van der Waals surface area contributed by atoms with Crippen LogP contribution in [0, 0.1) is 0 Å². The van der Waals surface area contributed by atoms with Gasteiger partial charge in [0.15, 0.2) is 6.10 Å². The van der Waals surface area contributed by atoms with Crippen molar-refractivity contribution in [1.82, 2.24) is 4.90 Å². The quantitative estimate of drug-likeness (QED) is 0.690. The van der Waals surface area contributed by atoms with E-state index in [0.29, 0.717) is 6.61 Å². The molecule has 0 unspecified atom stereocenters. The molecule has 3 rings (SSSR count). The minimum Gasteiger partial charge on any atom is -0.369 e. The third kappa shape index (κ3) is 1.54. The molecule has 0 N–H and O–H groups in total. The van der Waals surface area contributed by atoms with E-state index < -0.39 is 0 Å². The van der Waals surface area contributed by atoms with Crippen molar-refractivity contribution < 1.29 is 14.3 Å². The Bertz CT molecular complexity index is 457. The summed E-state index contributed by atoms with van der Waals surface area (Å²) in [5.74, 6) is 0.0863. The van der Waals surface area contributed by atoms with Crippen molar-refractivity contribution in [1.29, 1.82) is 0 Å². The fraction of sp³-hybridized carbons (Fsp3) is 0.615. The number of fused-ring (bicyclic) bond motifs is 3. The fourth-order valence-corrected chi connectivity index (χ4v) is 3.66. The Hall–Kier alpha value is -0.650. The maximum absolute atomic E-state index is 12.0. The van der Waals surface area contributed by atoms with Gasteiger partial charge >= 0.3 is 0 Å². The smallest absolute Gasteiger partial charge is 0.254 e. The number of rotatable bonds is 1. The van der Waals surface area contributed by atoms with E-state index in [4.69, 9.17) is 9.47 Å². The third-order valence-electron chi connectivity index (χ3n) is 4.21. The molecule has 0 aromatic carbocycles. The van der Waals surface area contributed by atoms with E-state index >= 15 is 0 Å². The van der Waals surface area contributed by atoms with Gasteiger partial charge in [-0.3, -0.25) is 4.79 Å². The number of amides is 1. The van der Waals surface area contributed by atoms with Crippen LogP contribution in [0.5, 0.6) is 0 Å². The van der Waals surface area contributed by atoms with Crippen molar-refractivity contribution in [2.24, 2.45) is 0 Å². The predicted molar refractivity (Wildman–Crippen MR) is 70.4 cm³/mol. The van der Waals surface area contributed by atoms with Crippen molar-refractivity contribution >= 4 is 21.8 Å². The third-order valence-corrected chi connectivity index (χ3v) is 4.76. The van der Waals surface area contributed by atoms with Crippen LogP contribution in [0.2, 0.25) is 0 Å². The van der Waals surface area contributed by atoms with Gasteiger partial charge in [-0.05, 0) is 35.0 Å². The second kappa shape index (κ2) is 4.47. The molecule has 0 aliphatic carbocycles. The molecular weight excluding hydrogens is 298 g/mol. The summed E-state index contributed by atoms with van der Waals surface area (Å²) in [6.07, 6.45) is 0.524. The average Bonchev–Trinajstić information content (AvgIpc) is 2.75. The first-order chi connectivity index (χ1) is 8.69. The zero-order chi connectivity index (χ0) is 12.9. The van der Waals surface area contributed by atoms with E-state index in [1.165, 1.54) is 16.7 Å². The van der Waals surface area contributed by atoms with Gasteiger partial charge in [-0.15, -0.1) is 0 Å². The number of methoxy groups -OCH3 is 1. The topological polar surface area (TPSA) is 38.8 Å². The Morgan fingerprint density at radius 3 is 3.00 bits per heavy atom. The second-order valence-electron chi connectivity index (χ2n) is 4.96. The lowest BCUT2D eigenvalue weighted by Gasteiger charge is -2.49. The van der Waals surface area contributed by atoms with Crippen LogP contribution in [0.15, 0.2) is 21.7 Å². The molecule has 3 aliphatic heterocycles. The maximum Gasteiger partial charge on any atom is 0.254 e. The molecule has 5 heteroatoms. The standard InChI is InChI=1S/C13H16BrNO3/c1-7-9-6-18-11(7)10-12(17-2)13(16)15(10)4-3-8(9)5-14/h5,10-12H,3-4,6H2,1-2H3/b8-5+/t10-,11+,12+/m0/s1. The van der Waals surface area contributed by atoms with Crippen molar-refractivity contribution in [2.75, 3.05) is 20.3 Å². The number of hydrogen-bond donors (Lipinski definition) is 0. The molecule has 0 radical (unpaired) electrons. The minimum atomic E-state index is -0.334. The highest BCUT2D eigenvalue weighted by Gasteiger charge is 2.54. The summed E-state index contributed by atoms with van der Waals surface area (Å²) in [5.41, 5.74) is 3.76. The molecule has 3 aliphatic rings. The molecule has 18 heavy (non-hydrogen) atoms. The molecule has 3 atom stereocenters. The van der Waals surface area contributed by atoms with E-state index in [-0.39, 0.29) is 24.2 Å². The Kier molecular flexibility index (Phi) is 3.08. The van der Waals surface area contributed by atoms with Gasteiger partial charge in [-0.1, -0.05) is 15.9 Å². The summed E-state index contributed by atoms with van der Waals surface area (Å²) in [6, 6.07) is 0.0527. The SMILES string of the molecule is CO[C@H]1C(=O)N2CC/C(=C\Br)C3=C(C)[C@@H](OC3)[C@@H]12. The molecule has 0 aromatic rings. The second-order valence-corrected chi connectivity index (χ2v) is 5.41. The maximum atomic E-state index is 12.0. The van der Waals surface area contributed by atoms with Gasteiger partial charge in [0.25, 0.3) is 5.91 Å². The van der Waals surface area contributed by atoms with Crippen molar-refractivity contribution in [2.45, 2.75) is 31.6 Å². The van der Waals surface area contributed by atoms with Gasteiger partial charge in [0, 0.05) is 13.7 Å². The van der Waals surface area contributed by atoms with Crippen LogP contribution in [0.1, 0.15) is 13.3 Å². The minimum absolute atomic E-state index is 0.00889. The Balaban J connectivity index is 1.98. The normalized spacial score (nSPS) is 37.5. The average molecular weight is 314 g/mol. The number of hydrogen-bond acceptors (Lipinski definition) is 3. The van der Waals surface area contributed by atoms with Crippen molar-refractivity contribution in [3.8, 4) is 0 Å². The lowest BCUT2D eigenvalue weighted by Crippen LogP contribution is -2.70. The molecule has 3 heterocycles. The summed E-state index contributed by atoms with van der Waals surface area (Å²) in [7, 11) is 1.59. The number of carbonyl (C=O) groups is 1. The van der Waals surface area contributed by atoms with Crippen LogP contribution < -0.4 is 0 Å². The van der Waals surface area contributed by atoms with Crippen molar-refractivity contribution in [3.63, 3.8) is 0 Å². The molecule has 4 nitrogen and oxygen atoms in total. The Morgan fingerprint density at radius 2 is 2.33 bits per heavy atom. The van der Waals surface area contributed by atoms with E-state index in [1.807, 2.05) is 9.89 Å². The molecule has 98 valence electrons. The summed E-state index contributed by atoms with van der Waals surface area (Å²) in [4.78, 5) is 15.8. The van der Waals surface area contributed by atoms with E-state index in [1.54, 1.807) is 7.11 Å². The predicted octanol–water partition coefficient (Wildman–Crippen LogP) is 1.61. The van der Waals surface area contributed by atoms with E-state index in [9.17, 15) is 4.79 Å². The van der Waals surface area contributed by atoms with Gasteiger partial charge in [-0.25, -0.2) is 0 Å². The lowest BCUT2D eigenvalue weighted by molar-refractivity contribution is -0.179. The summed E-state index contributed by atoms with van der Waals surface area (Å²) in [5, 5.41) is 0. The zero-order valence-corrected chi connectivity index (χ0v) is 12.1. The van der Waals surface area contributed by atoms with E-state index in [0.717, 1.165) is 13.0 Å². The van der Waals surface area contributed by atoms with Crippen LogP contribution in [0.25, 0.3) is 0 Å². The molecule has 0 saturated carbocycles. The Morgan fingerprint density at radius 1 is 1.56 bits per heavy atom. The molecule has 1 saturated heterocycles. The number of β-lactam (4-membered cyclic amide) rings is 1. The molecule has 2 bridgehead atoms. The monoisotopic (exact) mass is 313 g/mol. The number of carbonyl (C=O) groups excluding carboxylic acids is 1. The van der Waals surface area contributed by atoms with Gasteiger partial charge in [-0.2, -0.15) is 0 Å². The first kappa shape index (κ1) is 12.4. The van der Waals surface area contributed by atoms with Crippen LogP contribution in [0.3, 0.4) is 0 Å². The molecule has 0 aromatic heterocycles. The number of ether oxygens (including phenoxy) is 2. The Labute approximate surface area is 115 Å².